The van der Waals surface area contributed by atoms with E-state index in [0.29, 0.717) is 0 Å². The van der Waals surface area contributed by atoms with Gasteiger partial charge in [-0.3, -0.25) is 0 Å². The second-order valence-electron chi connectivity index (χ2n) is 5.39. The SMILES string of the molecule is COc1cc(C)c(C(C(C)C)C([NH3+])C(=O)O)c(C)c1. The molecule has 2 unspecified atom stereocenters. The van der Waals surface area contributed by atoms with Crippen molar-refractivity contribution in [3.05, 3.63) is 28.8 Å². The molecule has 4 N–H and O–H groups in total. The number of carbonyl (C=O) groups is 1. The van der Waals surface area contributed by atoms with Gasteiger partial charge in [-0.25, -0.2) is 4.79 Å². The molecule has 0 saturated heterocycles. The van der Waals surface area contributed by atoms with Crippen LogP contribution in [0.4, 0.5) is 0 Å². The summed E-state index contributed by atoms with van der Waals surface area (Å²) in [5, 5.41) is 9.26. The highest BCUT2D eigenvalue weighted by molar-refractivity contribution is 5.73. The number of hydrogen-bond donors (Lipinski definition) is 2. The predicted molar refractivity (Wildman–Crippen MR) is 74.4 cm³/mol. The number of quaternary nitrogens is 1. The van der Waals surface area contributed by atoms with E-state index in [9.17, 15) is 9.90 Å². The molecule has 0 saturated carbocycles. The molecule has 0 aliphatic rings. The van der Waals surface area contributed by atoms with Crippen LogP contribution in [0.5, 0.6) is 5.75 Å². The number of hydrogen-bond acceptors (Lipinski definition) is 2. The van der Waals surface area contributed by atoms with Crippen molar-refractivity contribution in [1.29, 1.82) is 0 Å². The number of ether oxygens (including phenoxy) is 1. The molecular weight excluding hydrogens is 242 g/mol. The molecule has 0 heterocycles. The van der Waals surface area contributed by atoms with Gasteiger partial charge in [-0.15, -0.1) is 0 Å². The number of carboxylic acid groups (broad SMARTS) is 1. The Bertz CT molecular complexity index is 445. The second kappa shape index (κ2) is 6.06. The fourth-order valence-electron chi connectivity index (χ4n) is 2.73. The summed E-state index contributed by atoms with van der Waals surface area (Å²) in [6.45, 7) is 8.06. The van der Waals surface area contributed by atoms with Crippen LogP contribution in [0.1, 0.15) is 36.5 Å². The van der Waals surface area contributed by atoms with Gasteiger partial charge in [-0.1, -0.05) is 13.8 Å². The molecule has 0 aliphatic heterocycles. The molecule has 0 fully saturated rings. The zero-order chi connectivity index (χ0) is 14.7. The van der Waals surface area contributed by atoms with Gasteiger partial charge in [-0.2, -0.15) is 0 Å². The van der Waals surface area contributed by atoms with Gasteiger partial charge in [0.05, 0.1) is 7.11 Å². The summed E-state index contributed by atoms with van der Waals surface area (Å²) in [7, 11) is 1.63. The molecule has 4 heteroatoms. The molecule has 0 aromatic heterocycles. The zero-order valence-electron chi connectivity index (χ0n) is 12.4. The van der Waals surface area contributed by atoms with Gasteiger partial charge in [0, 0.05) is 5.92 Å². The first-order chi connectivity index (χ1) is 8.79. The van der Waals surface area contributed by atoms with Crippen molar-refractivity contribution in [1.82, 2.24) is 0 Å². The number of rotatable bonds is 5. The van der Waals surface area contributed by atoms with E-state index in [-0.39, 0.29) is 11.8 Å². The van der Waals surface area contributed by atoms with Crippen molar-refractivity contribution >= 4 is 5.97 Å². The Kier molecular flexibility index (Phi) is 4.95. The number of carboxylic acids is 1. The van der Waals surface area contributed by atoms with Crippen LogP contribution >= 0.6 is 0 Å². The minimum absolute atomic E-state index is 0.0941. The Morgan fingerprint density at radius 1 is 1.26 bits per heavy atom. The van der Waals surface area contributed by atoms with Crippen LogP contribution in [0.15, 0.2) is 12.1 Å². The summed E-state index contributed by atoms with van der Waals surface area (Å²) in [5.74, 6) is 0.0679. The lowest BCUT2D eigenvalue weighted by Crippen LogP contribution is -2.68. The van der Waals surface area contributed by atoms with Gasteiger partial charge in [0.1, 0.15) is 5.75 Å². The van der Waals surface area contributed by atoms with Gasteiger partial charge in [0.25, 0.3) is 0 Å². The van der Waals surface area contributed by atoms with Gasteiger partial charge < -0.3 is 15.6 Å². The summed E-state index contributed by atoms with van der Waals surface area (Å²) in [6.07, 6.45) is 0. The summed E-state index contributed by atoms with van der Waals surface area (Å²) >= 11 is 0. The highest BCUT2D eigenvalue weighted by Crippen LogP contribution is 2.34. The van der Waals surface area contributed by atoms with Gasteiger partial charge in [-0.05, 0) is 48.6 Å². The quantitative estimate of drug-likeness (QED) is 0.852. The normalized spacial score (nSPS) is 14.3. The van der Waals surface area contributed by atoms with Crippen molar-refractivity contribution in [2.45, 2.75) is 39.7 Å². The van der Waals surface area contributed by atoms with Gasteiger partial charge >= 0.3 is 5.97 Å². The maximum atomic E-state index is 11.3. The third-order valence-electron chi connectivity index (χ3n) is 3.61. The Balaban J connectivity index is 3.35. The highest BCUT2D eigenvalue weighted by atomic mass is 16.5. The monoisotopic (exact) mass is 266 g/mol. The van der Waals surface area contributed by atoms with Gasteiger partial charge in [0.15, 0.2) is 6.04 Å². The van der Waals surface area contributed by atoms with Crippen LogP contribution in [0.2, 0.25) is 0 Å². The van der Waals surface area contributed by atoms with Crippen LogP contribution < -0.4 is 10.5 Å². The van der Waals surface area contributed by atoms with E-state index in [1.165, 1.54) is 0 Å². The molecule has 4 nitrogen and oxygen atoms in total. The van der Waals surface area contributed by atoms with Crippen LogP contribution in [0.25, 0.3) is 0 Å². The molecule has 0 bridgehead atoms. The zero-order valence-corrected chi connectivity index (χ0v) is 12.4. The molecule has 106 valence electrons. The van der Waals surface area contributed by atoms with Gasteiger partial charge in [0.2, 0.25) is 0 Å². The van der Waals surface area contributed by atoms with E-state index in [2.05, 4.69) is 5.73 Å². The first-order valence-corrected chi connectivity index (χ1v) is 6.50. The minimum atomic E-state index is -0.853. The lowest BCUT2D eigenvalue weighted by Gasteiger charge is -2.26. The van der Waals surface area contributed by atoms with E-state index >= 15 is 0 Å². The predicted octanol–water partition coefficient (Wildman–Crippen LogP) is 1.75. The Labute approximate surface area is 114 Å². The first-order valence-electron chi connectivity index (χ1n) is 6.50. The summed E-state index contributed by atoms with van der Waals surface area (Å²) in [4.78, 5) is 11.3. The standard InChI is InChI=1S/C15H23NO3/c1-8(2)12(14(16)15(17)18)13-9(3)6-11(19-5)7-10(13)4/h6-8,12,14H,16H2,1-5H3,(H,17,18)/p+1. The maximum absolute atomic E-state index is 11.3. The number of methoxy groups -OCH3 is 1. The molecule has 0 aliphatic carbocycles. The average Bonchev–Trinajstić information content (AvgIpc) is 2.31. The molecular formula is C15H24NO3+. The van der Waals surface area contributed by atoms with Crippen LogP contribution in [-0.4, -0.2) is 24.2 Å². The summed E-state index contributed by atoms with van der Waals surface area (Å²) in [5.41, 5.74) is 7.03. The van der Waals surface area contributed by atoms with Crippen LogP contribution in [0.3, 0.4) is 0 Å². The lowest BCUT2D eigenvalue weighted by molar-refractivity contribution is -0.415. The summed E-state index contributed by atoms with van der Waals surface area (Å²) in [6, 6.07) is 3.25. The second-order valence-corrected chi connectivity index (χ2v) is 5.39. The van der Waals surface area contributed by atoms with Crippen LogP contribution in [-0.2, 0) is 4.79 Å². The highest BCUT2D eigenvalue weighted by Gasteiger charge is 2.34. The van der Waals surface area contributed by atoms with E-state index in [1.54, 1.807) is 7.11 Å². The number of aliphatic carboxylic acids is 1. The molecule has 2 atom stereocenters. The Morgan fingerprint density at radius 2 is 1.74 bits per heavy atom. The van der Waals surface area contributed by atoms with E-state index in [4.69, 9.17) is 4.74 Å². The fraction of sp³-hybridized carbons (Fsp3) is 0.533. The van der Waals surface area contributed by atoms with E-state index < -0.39 is 12.0 Å². The number of benzene rings is 1. The third-order valence-corrected chi connectivity index (χ3v) is 3.61. The largest absolute Gasteiger partial charge is 0.497 e. The molecule has 0 radical (unpaired) electrons. The van der Waals surface area contributed by atoms with E-state index in [0.717, 1.165) is 22.4 Å². The van der Waals surface area contributed by atoms with Crippen molar-refractivity contribution in [3.8, 4) is 5.75 Å². The van der Waals surface area contributed by atoms with Crippen molar-refractivity contribution in [2.75, 3.05) is 7.11 Å². The molecule has 1 aromatic carbocycles. The van der Waals surface area contributed by atoms with Crippen molar-refractivity contribution in [2.24, 2.45) is 5.92 Å². The van der Waals surface area contributed by atoms with Crippen LogP contribution in [0, 0.1) is 19.8 Å². The van der Waals surface area contributed by atoms with Crippen molar-refractivity contribution < 1.29 is 20.4 Å². The topological polar surface area (TPSA) is 74.2 Å². The maximum Gasteiger partial charge on any atom is 0.362 e. The van der Waals surface area contributed by atoms with E-state index in [1.807, 2.05) is 39.8 Å². The van der Waals surface area contributed by atoms with Crippen molar-refractivity contribution in [3.63, 3.8) is 0 Å². The number of aryl methyl sites for hydroxylation is 2. The summed E-state index contributed by atoms with van der Waals surface area (Å²) < 4.78 is 5.25. The fourth-order valence-corrected chi connectivity index (χ4v) is 2.73. The smallest absolute Gasteiger partial charge is 0.362 e. The minimum Gasteiger partial charge on any atom is -0.497 e. The molecule has 19 heavy (non-hydrogen) atoms. The first kappa shape index (κ1) is 15.5. The third kappa shape index (κ3) is 3.26. The molecule has 0 spiro atoms. The Morgan fingerprint density at radius 3 is 2.05 bits per heavy atom. The Hall–Kier alpha value is -1.55. The average molecular weight is 266 g/mol. The molecule has 0 amide bonds. The molecule has 1 aromatic rings. The lowest BCUT2D eigenvalue weighted by atomic mass is 9.78. The molecule has 1 rings (SSSR count).